The van der Waals surface area contributed by atoms with Gasteiger partial charge < -0.3 is 38.2 Å². The second-order valence-electron chi connectivity index (χ2n) is 14.5. The molecule has 5 heterocycles. The van der Waals surface area contributed by atoms with E-state index in [2.05, 4.69) is 60.7 Å². The van der Waals surface area contributed by atoms with Crippen LogP contribution in [0.1, 0.15) is 23.2 Å². The van der Waals surface area contributed by atoms with E-state index in [1.807, 2.05) is 94.7 Å². The summed E-state index contributed by atoms with van der Waals surface area (Å²) < 4.78 is 37.1. The van der Waals surface area contributed by atoms with Gasteiger partial charge in [-0.05, 0) is 81.2 Å². The molecule has 0 aliphatic carbocycles. The van der Waals surface area contributed by atoms with E-state index in [-0.39, 0.29) is 37.1 Å². The molecule has 0 aromatic heterocycles. The number of nitrogens with zero attached hydrogens (tertiary/aromatic N) is 2. The van der Waals surface area contributed by atoms with Crippen molar-refractivity contribution in [3.05, 3.63) is 157 Å². The Bertz CT molecular complexity index is 2280. The number of rotatable bonds is 2. The van der Waals surface area contributed by atoms with Gasteiger partial charge in [0.25, 0.3) is 11.8 Å². The van der Waals surface area contributed by atoms with Crippen LogP contribution >= 0.6 is 0 Å². The van der Waals surface area contributed by atoms with Crippen molar-refractivity contribution in [1.29, 1.82) is 0 Å². The van der Waals surface area contributed by atoms with Crippen LogP contribution in [-0.4, -0.2) is 86.6 Å². The second-order valence-corrected chi connectivity index (χ2v) is 14.5. The molecule has 10 nitrogen and oxygen atoms in total. The third-order valence-electron chi connectivity index (χ3n) is 10.9. The largest absolute Gasteiger partial charge is 0.486 e. The smallest absolute Gasteiger partial charge is 0.266 e. The van der Waals surface area contributed by atoms with Crippen molar-refractivity contribution in [2.24, 2.45) is 0 Å². The van der Waals surface area contributed by atoms with Crippen molar-refractivity contribution >= 4 is 33.4 Å². The summed E-state index contributed by atoms with van der Waals surface area (Å²) in [5.74, 6) is 1.80. The van der Waals surface area contributed by atoms with Crippen LogP contribution in [0.25, 0.3) is 21.5 Å². The van der Waals surface area contributed by atoms with Gasteiger partial charge in [0.15, 0.2) is 23.0 Å². The zero-order valence-corrected chi connectivity index (χ0v) is 32.0. The summed E-state index contributed by atoms with van der Waals surface area (Å²) >= 11 is 0. The van der Waals surface area contributed by atoms with Gasteiger partial charge in [0.05, 0.1) is 26.4 Å². The van der Waals surface area contributed by atoms with E-state index in [9.17, 15) is 9.59 Å². The Labute approximate surface area is 337 Å². The van der Waals surface area contributed by atoms with Gasteiger partial charge in [0.1, 0.15) is 25.3 Å². The Balaban J connectivity index is 0.948. The summed E-state index contributed by atoms with van der Waals surface area (Å²) in [5.41, 5.74) is 1.97. The lowest BCUT2D eigenvalue weighted by molar-refractivity contribution is -0.166. The van der Waals surface area contributed by atoms with Crippen molar-refractivity contribution in [1.82, 2.24) is 9.80 Å². The minimum Gasteiger partial charge on any atom is -0.486 e. The lowest BCUT2D eigenvalue weighted by Crippen LogP contribution is -2.62. The van der Waals surface area contributed by atoms with E-state index in [1.54, 1.807) is 0 Å². The SMILES string of the molecule is O=C1[C@H]2Oc3ccccc3OC/C=C/COc3ccccc3O[C@H]3C(=O)N(CCOCCOCCN1[C@@H]2c1ccc2ccccc2c1)[C@H]3c1ccc2ccccc2c1. The summed E-state index contributed by atoms with van der Waals surface area (Å²) in [7, 11) is 0. The zero-order valence-electron chi connectivity index (χ0n) is 32.0. The van der Waals surface area contributed by atoms with E-state index in [0.29, 0.717) is 62.5 Å². The standard InChI is InChI=1S/C48H44N2O8/c51-47-45-43(37-21-19-33-11-1-3-13-35(33)31-37)49(47)23-27-53-29-30-54-28-24-50-44(38-22-20-34-12-2-4-14-36(34)32-38)46(48(50)52)58-42-18-8-6-16-40(42)56-26-10-9-25-55-39-15-5-7-17-41(39)57-45/h1-22,31-32,43-46H,23-30H2/b10-9+/t43-,44+,45+,46-. The normalized spacial score (nSPS) is 22.5. The van der Waals surface area contributed by atoms with Gasteiger partial charge in [-0.25, -0.2) is 0 Å². The van der Waals surface area contributed by atoms with Gasteiger partial charge in [-0.3, -0.25) is 9.59 Å². The summed E-state index contributed by atoms with van der Waals surface area (Å²) in [5, 5.41) is 4.43. The fourth-order valence-corrected chi connectivity index (χ4v) is 7.92. The average Bonchev–Trinajstić information content (AvgIpc) is 3.26. The first-order valence-electron chi connectivity index (χ1n) is 19.8. The fourth-order valence-electron chi connectivity index (χ4n) is 7.92. The summed E-state index contributed by atoms with van der Waals surface area (Å²) in [6.45, 7) is 2.62. The molecule has 6 aromatic carbocycles. The van der Waals surface area contributed by atoms with Crippen molar-refractivity contribution < 1.29 is 38.0 Å². The van der Waals surface area contributed by atoms with E-state index in [4.69, 9.17) is 28.4 Å². The van der Waals surface area contributed by atoms with Crippen LogP contribution in [0.3, 0.4) is 0 Å². The number of hydrogen-bond acceptors (Lipinski definition) is 8. The summed E-state index contributed by atoms with van der Waals surface area (Å²) in [6, 6.07) is 43.0. The highest BCUT2D eigenvalue weighted by molar-refractivity contribution is 5.91. The highest BCUT2D eigenvalue weighted by Crippen LogP contribution is 2.42. The maximum absolute atomic E-state index is 13.7. The molecule has 0 N–H and O–H groups in total. The number of fused-ring (bicyclic) bond motifs is 2. The first-order valence-corrected chi connectivity index (χ1v) is 19.8. The molecule has 0 saturated carbocycles. The second kappa shape index (κ2) is 17.0. The topological polar surface area (TPSA) is 96.0 Å². The Hall–Kier alpha value is -6.36. The van der Waals surface area contributed by atoms with Gasteiger partial charge in [-0.1, -0.05) is 97.1 Å². The Morgan fingerprint density at radius 1 is 0.431 bits per heavy atom. The maximum Gasteiger partial charge on any atom is 0.266 e. The number of carbonyl (C=O) groups is 2. The van der Waals surface area contributed by atoms with Gasteiger partial charge in [-0.2, -0.15) is 0 Å². The number of benzene rings is 6. The van der Waals surface area contributed by atoms with Crippen LogP contribution in [0.2, 0.25) is 0 Å². The van der Waals surface area contributed by atoms with Crippen molar-refractivity contribution in [2.75, 3.05) is 52.7 Å². The molecular formula is C48H44N2O8. The van der Waals surface area contributed by atoms with Gasteiger partial charge in [0, 0.05) is 13.1 Å². The molecule has 2 saturated heterocycles. The lowest BCUT2D eigenvalue weighted by Gasteiger charge is -2.47. The van der Waals surface area contributed by atoms with E-state index in [0.717, 1.165) is 32.7 Å². The molecule has 0 radical (unpaired) electrons. The van der Waals surface area contributed by atoms with Crippen LogP contribution in [-0.2, 0) is 19.1 Å². The van der Waals surface area contributed by atoms with Crippen LogP contribution in [0.15, 0.2) is 146 Å². The molecule has 0 unspecified atom stereocenters. The first kappa shape index (κ1) is 37.2. The van der Waals surface area contributed by atoms with Crippen molar-refractivity contribution in [2.45, 2.75) is 24.3 Å². The summed E-state index contributed by atoms with van der Waals surface area (Å²) in [4.78, 5) is 31.1. The van der Waals surface area contributed by atoms with Crippen LogP contribution in [0, 0.1) is 0 Å². The van der Waals surface area contributed by atoms with Crippen LogP contribution in [0.4, 0.5) is 0 Å². The zero-order chi connectivity index (χ0) is 39.3. The number of carbonyl (C=O) groups excluding carboxylic acids is 2. The van der Waals surface area contributed by atoms with Crippen molar-refractivity contribution in [3.8, 4) is 23.0 Å². The quantitative estimate of drug-likeness (QED) is 0.130. The van der Waals surface area contributed by atoms with Gasteiger partial charge in [0.2, 0.25) is 12.2 Å². The molecule has 58 heavy (non-hydrogen) atoms. The van der Waals surface area contributed by atoms with E-state index >= 15 is 0 Å². The molecule has 5 aliphatic heterocycles. The molecule has 11 rings (SSSR count). The highest BCUT2D eigenvalue weighted by atomic mass is 16.5. The molecule has 4 atom stereocenters. The predicted octanol–water partition coefficient (Wildman–Crippen LogP) is 7.72. The molecular weight excluding hydrogens is 733 g/mol. The van der Waals surface area contributed by atoms with Gasteiger partial charge in [-0.15, -0.1) is 0 Å². The number of β-lactam (4-membered cyclic amide) rings is 2. The third-order valence-corrected chi connectivity index (χ3v) is 10.9. The van der Waals surface area contributed by atoms with Crippen molar-refractivity contribution in [3.63, 3.8) is 0 Å². The molecule has 5 aliphatic rings. The average molecular weight is 777 g/mol. The first-order chi connectivity index (χ1) is 28.6. The highest BCUT2D eigenvalue weighted by Gasteiger charge is 2.51. The predicted molar refractivity (Wildman–Crippen MR) is 220 cm³/mol. The molecule has 6 aromatic rings. The molecule has 2 amide bonds. The Morgan fingerprint density at radius 2 is 0.828 bits per heavy atom. The molecule has 2 fully saturated rings. The van der Waals surface area contributed by atoms with Gasteiger partial charge >= 0.3 is 0 Å². The third kappa shape index (κ3) is 7.68. The Morgan fingerprint density at radius 3 is 1.28 bits per heavy atom. The minimum atomic E-state index is -0.735. The lowest BCUT2D eigenvalue weighted by atomic mass is 9.89. The molecule has 0 spiro atoms. The number of para-hydroxylation sites is 4. The van der Waals surface area contributed by atoms with Crippen LogP contribution in [0.5, 0.6) is 23.0 Å². The Kier molecular flexibility index (Phi) is 10.9. The van der Waals surface area contributed by atoms with Crippen LogP contribution < -0.4 is 18.9 Å². The van der Waals surface area contributed by atoms with E-state index in [1.165, 1.54) is 0 Å². The monoisotopic (exact) mass is 776 g/mol. The molecule has 4 bridgehead atoms. The number of ether oxygens (including phenoxy) is 6. The minimum absolute atomic E-state index is 0.117. The summed E-state index contributed by atoms with van der Waals surface area (Å²) in [6.07, 6.45) is 2.26. The number of hydrogen-bond donors (Lipinski definition) is 0. The fraction of sp³-hybridized carbons (Fsp3) is 0.250. The molecule has 10 heteroatoms. The number of amides is 2. The maximum atomic E-state index is 13.7. The van der Waals surface area contributed by atoms with E-state index < -0.39 is 12.2 Å². The molecule has 294 valence electrons.